The molecule has 8 N–H and O–H groups in total. The zero-order chi connectivity index (χ0) is 26.8. The summed E-state index contributed by atoms with van der Waals surface area (Å²) in [5.41, 5.74) is -0.914. The molecule has 2 aliphatic rings. The van der Waals surface area contributed by atoms with Crippen molar-refractivity contribution in [3.05, 3.63) is 35.4 Å². The number of carbonyl (C=O) groups is 2. The topological polar surface area (TPSA) is 242 Å². The summed E-state index contributed by atoms with van der Waals surface area (Å²) in [6.07, 6.45) is -13.2. The Kier molecular flexibility index (Phi) is 8.64. The zero-order valence-corrected chi connectivity index (χ0v) is 18.9. The van der Waals surface area contributed by atoms with E-state index in [0.717, 1.165) is 19.1 Å². The van der Waals surface area contributed by atoms with Gasteiger partial charge in [-0.2, -0.15) is 0 Å². The molecule has 1 unspecified atom stereocenters. The Morgan fingerprint density at radius 3 is 2.03 bits per heavy atom. The summed E-state index contributed by atoms with van der Waals surface area (Å²) in [4.78, 5) is 32.5. The van der Waals surface area contributed by atoms with Crippen molar-refractivity contribution in [3.63, 3.8) is 0 Å². The molecule has 2 heterocycles. The Hall–Kier alpha value is -2.28. The minimum absolute atomic E-state index is 0.440. The molecule has 0 aromatic heterocycles. The van der Waals surface area contributed by atoms with Crippen LogP contribution in [0.15, 0.2) is 24.3 Å². The van der Waals surface area contributed by atoms with Crippen molar-refractivity contribution in [2.75, 3.05) is 19.8 Å². The summed E-state index contributed by atoms with van der Waals surface area (Å²) in [5.74, 6) is -7.71. The highest BCUT2D eigenvalue weighted by molar-refractivity contribution is 5.91. The minimum atomic E-state index is -2.80. The molecule has 2 saturated heterocycles. The number of ether oxygens (including phenoxy) is 3. The van der Waals surface area contributed by atoms with Gasteiger partial charge in [-0.1, -0.05) is 18.2 Å². The molecular formula is C21H28O15. The lowest BCUT2D eigenvalue weighted by Crippen LogP contribution is -2.68. The van der Waals surface area contributed by atoms with Crippen molar-refractivity contribution in [1.82, 2.24) is 0 Å². The van der Waals surface area contributed by atoms with E-state index in [0.29, 0.717) is 0 Å². The van der Waals surface area contributed by atoms with E-state index in [1.807, 2.05) is 0 Å². The number of aliphatic hydroxyl groups excluding tert-OH is 8. The van der Waals surface area contributed by atoms with Crippen LogP contribution in [0.5, 0.6) is 0 Å². The highest BCUT2D eigenvalue weighted by atomic mass is 17.2. The fourth-order valence-corrected chi connectivity index (χ4v) is 4.12. The maximum atomic E-state index is 12.7. The van der Waals surface area contributed by atoms with Crippen LogP contribution in [0, 0.1) is 0 Å². The molecule has 0 radical (unpaired) electrons. The summed E-state index contributed by atoms with van der Waals surface area (Å²) >= 11 is 0. The van der Waals surface area contributed by atoms with E-state index in [1.54, 1.807) is 0 Å². The molecule has 3 rings (SSSR count). The van der Waals surface area contributed by atoms with E-state index in [2.05, 4.69) is 9.78 Å². The summed E-state index contributed by atoms with van der Waals surface area (Å²) in [7, 11) is 0. The smallest absolute Gasteiger partial charge is 0.386 e. The van der Waals surface area contributed by atoms with Crippen molar-refractivity contribution in [3.8, 4) is 0 Å². The lowest BCUT2D eigenvalue weighted by Gasteiger charge is -2.51. The van der Waals surface area contributed by atoms with Gasteiger partial charge in [-0.25, -0.2) is 19.4 Å². The first kappa shape index (κ1) is 28.3. The van der Waals surface area contributed by atoms with Gasteiger partial charge in [-0.15, -0.1) is 0 Å². The first-order valence-corrected chi connectivity index (χ1v) is 10.8. The molecule has 1 aromatic carbocycles. The van der Waals surface area contributed by atoms with Gasteiger partial charge in [0.2, 0.25) is 11.6 Å². The largest absolute Gasteiger partial charge is 0.394 e. The van der Waals surface area contributed by atoms with E-state index >= 15 is 0 Å². The number of hydrogen-bond acceptors (Lipinski definition) is 15. The van der Waals surface area contributed by atoms with Crippen LogP contribution in [0.1, 0.15) is 22.8 Å². The van der Waals surface area contributed by atoms with Crippen molar-refractivity contribution >= 4 is 11.9 Å². The standard InChI is InChI=1S/C21H28O15/c1-9(25)34-35-19(31)10-4-2-3-5-11(10)21(18(30)16(28)14(26)12(6-22)33-21)36-20(8-24)17(29)15(27)13(7-23)32-20/h2-5,12-18,22-24,26-30H,6-8H2,1H3/t12-,13-,14-,15-,16+,17+,18-,20?,21+/m1/s1. The van der Waals surface area contributed by atoms with Gasteiger partial charge in [0.15, 0.2) is 0 Å². The molecule has 1 aromatic rings. The third-order valence-corrected chi connectivity index (χ3v) is 5.94. The van der Waals surface area contributed by atoms with Crippen LogP contribution in [0.3, 0.4) is 0 Å². The summed E-state index contributed by atoms with van der Waals surface area (Å²) in [5, 5.41) is 82.1. The zero-order valence-electron chi connectivity index (χ0n) is 18.9. The number of rotatable bonds is 7. The maximum absolute atomic E-state index is 12.7. The Morgan fingerprint density at radius 2 is 1.47 bits per heavy atom. The number of aliphatic hydroxyl groups is 8. The molecule has 0 saturated carbocycles. The average molecular weight is 520 g/mol. The van der Waals surface area contributed by atoms with Crippen molar-refractivity contribution in [1.29, 1.82) is 0 Å². The molecular weight excluding hydrogens is 492 g/mol. The Bertz CT molecular complexity index is 940. The van der Waals surface area contributed by atoms with E-state index in [-0.39, 0.29) is 0 Å². The lowest BCUT2D eigenvalue weighted by atomic mass is 9.85. The van der Waals surface area contributed by atoms with Crippen molar-refractivity contribution in [2.24, 2.45) is 0 Å². The van der Waals surface area contributed by atoms with Crippen LogP contribution in [0.25, 0.3) is 0 Å². The van der Waals surface area contributed by atoms with Crippen LogP contribution >= 0.6 is 0 Å². The van der Waals surface area contributed by atoms with E-state index in [9.17, 15) is 50.4 Å². The summed E-state index contributed by atoms with van der Waals surface area (Å²) in [6.45, 7) is -2.02. The van der Waals surface area contributed by atoms with Crippen LogP contribution < -0.4 is 0 Å². The van der Waals surface area contributed by atoms with Gasteiger partial charge in [-0.05, 0) is 6.07 Å². The van der Waals surface area contributed by atoms with Crippen LogP contribution in [0.4, 0.5) is 0 Å². The maximum Gasteiger partial charge on any atom is 0.386 e. The van der Waals surface area contributed by atoms with Gasteiger partial charge in [0.25, 0.3) is 0 Å². The van der Waals surface area contributed by atoms with Gasteiger partial charge in [0.1, 0.15) is 49.3 Å². The molecule has 0 amide bonds. The fourth-order valence-electron chi connectivity index (χ4n) is 4.12. The number of hydrogen-bond donors (Lipinski definition) is 8. The normalized spacial score (nSPS) is 38.5. The molecule has 9 atom stereocenters. The van der Waals surface area contributed by atoms with Crippen LogP contribution in [0.2, 0.25) is 0 Å². The van der Waals surface area contributed by atoms with E-state index < -0.39 is 97.2 Å². The molecule has 0 aliphatic carbocycles. The van der Waals surface area contributed by atoms with Crippen molar-refractivity contribution < 1.29 is 74.4 Å². The second-order valence-electron chi connectivity index (χ2n) is 8.27. The van der Waals surface area contributed by atoms with E-state index in [4.69, 9.17) is 14.2 Å². The Morgan fingerprint density at radius 1 is 0.861 bits per heavy atom. The molecule has 0 bridgehead atoms. The highest BCUT2D eigenvalue weighted by Crippen LogP contribution is 2.47. The van der Waals surface area contributed by atoms with E-state index in [1.165, 1.54) is 12.1 Å². The summed E-state index contributed by atoms with van der Waals surface area (Å²) < 4.78 is 16.8. The predicted octanol–water partition coefficient (Wildman–Crippen LogP) is -4.23. The van der Waals surface area contributed by atoms with Gasteiger partial charge in [-0.3, -0.25) is 0 Å². The van der Waals surface area contributed by atoms with Crippen LogP contribution in [-0.2, 0) is 34.6 Å². The Labute approximate surface area is 203 Å². The first-order chi connectivity index (χ1) is 17.0. The van der Waals surface area contributed by atoms with Gasteiger partial charge < -0.3 is 55.1 Å². The average Bonchev–Trinajstić information content (AvgIpc) is 3.12. The van der Waals surface area contributed by atoms with Gasteiger partial charge in [0.05, 0.1) is 18.8 Å². The number of carbonyl (C=O) groups excluding carboxylic acids is 2. The SMILES string of the molecule is CC(=O)OOC(=O)c1ccccc1[C@@]1(OC2(CO)O[C@H](CO)[C@@H](O)[C@@H]2O)O[C@H](CO)[C@@H](O)[C@H](O)[C@H]1O. The molecule has 36 heavy (non-hydrogen) atoms. The lowest BCUT2D eigenvalue weighted by molar-refractivity contribution is -0.442. The molecule has 202 valence electrons. The van der Waals surface area contributed by atoms with Gasteiger partial charge in [0, 0.05) is 12.5 Å². The monoisotopic (exact) mass is 520 g/mol. The molecule has 15 nitrogen and oxygen atoms in total. The first-order valence-electron chi connectivity index (χ1n) is 10.8. The molecule has 0 spiro atoms. The molecule has 2 aliphatic heterocycles. The summed E-state index contributed by atoms with van der Waals surface area (Å²) in [6, 6.07) is 4.92. The highest BCUT2D eigenvalue weighted by Gasteiger charge is 2.64. The third kappa shape index (κ3) is 4.83. The number of benzene rings is 1. The van der Waals surface area contributed by atoms with Crippen molar-refractivity contribution in [2.45, 2.75) is 61.2 Å². The predicted molar refractivity (Wildman–Crippen MR) is 110 cm³/mol. The van der Waals surface area contributed by atoms with Crippen LogP contribution in [-0.4, -0.2) is 121 Å². The Balaban J connectivity index is 2.20. The third-order valence-electron chi connectivity index (χ3n) is 5.94. The second-order valence-corrected chi connectivity index (χ2v) is 8.27. The minimum Gasteiger partial charge on any atom is -0.394 e. The molecule has 2 fully saturated rings. The molecule has 15 heteroatoms. The van der Waals surface area contributed by atoms with Gasteiger partial charge >= 0.3 is 11.9 Å². The fraction of sp³-hybridized carbons (Fsp3) is 0.619. The second kappa shape index (κ2) is 11.0. The quantitative estimate of drug-likeness (QED) is 0.125.